The minimum atomic E-state index is -0.508. The lowest BCUT2D eigenvalue weighted by Gasteiger charge is -2.31. The van der Waals surface area contributed by atoms with Gasteiger partial charge in [0.2, 0.25) is 0 Å². The number of ether oxygens (including phenoxy) is 2. The van der Waals surface area contributed by atoms with Crippen molar-refractivity contribution in [3.8, 4) is 5.75 Å². The summed E-state index contributed by atoms with van der Waals surface area (Å²) in [6.45, 7) is 5.76. The molecule has 1 unspecified atom stereocenters. The van der Waals surface area contributed by atoms with Gasteiger partial charge >= 0.3 is 0 Å². The van der Waals surface area contributed by atoms with Crippen molar-refractivity contribution in [3.63, 3.8) is 0 Å². The number of nitro benzene ring substituents is 1. The molecule has 1 aromatic rings. The second-order valence-corrected chi connectivity index (χ2v) is 5.78. The number of nitrogens with one attached hydrogen (secondary N) is 2. The molecule has 0 bridgehead atoms. The van der Waals surface area contributed by atoms with Gasteiger partial charge in [-0.3, -0.25) is 14.9 Å². The fraction of sp³-hybridized carbons (Fsp3) is 0.533. The highest BCUT2D eigenvalue weighted by Crippen LogP contribution is 2.28. The molecule has 0 aliphatic carbocycles. The van der Waals surface area contributed by atoms with Crippen LogP contribution in [0.5, 0.6) is 5.75 Å². The van der Waals surface area contributed by atoms with E-state index >= 15 is 0 Å². The molecule has 0 saturated carbocycles. The van der Waals surface area contributed by atoms with Crippen LogP contribution in [-0.4, -0.2) is 49.8 Å². The van der Waals surface area contributed by atoms with Crippen LogP contribution < -0.4 is 15.0 Å². The zero-order valence-electron chi connectivity index (χ0n) is 13.5. The number of morpholine rings is 1. The van der Waals surface area contributed by atoms with Crippen LogP contribution in [0.1, 0.15) is 13.8 Å². The molecule has 1 heterocycles. The number of nitrogens with zero attached hydrogens (tertiary/aromatic N) is 1. The van der Waals surface area contributed by atoms with Crippen LogP contribution in [-0.2, 0) is 9.53 Å². The number of benzene rings is 1. The number of amides is 1. The van der Waals surface area contributed by atoms with Crippen LogP contribution in [0, 0.1) is 10.1 Å². The van der Waals surface area contributed by atoms with E-state index in [1.807, 2.05) is 13.8 Å². The zero-order valence-corrected chi connectivity index (χ0v) is 13.5. The molecule has 126 valence electrons. The Kier molecular flexibility index (Phi) is 5.51. The van der Waals surface area contributed by atoms with Gasteiger partial charge in [-0.05, 0) is 19.9 Å². The standard InChI is InChI=1S/C15H21N3O5/c1-10-7-17(8-11(2)23-10)9-15(19)16-13-6-12(18(20)21)4-5-14(13)22-3/h4-6,10-11H,7-9H2,1-3H3,(H,16,19)/p+1/t10-,11+. The first-order chi connectivity index (χ1) is 10.9. The molecule has 2 rings (SSSR count). The summed E-state index contributed by atoms with van der Waals surface area (Å²) in [6, 6.07) is 4.11. The Labute approximate surface area is 134 Å². The summed E-state index contributed by atoms with van der Waals surface area (Å²) in [5.41, 5.74) is 0.211. The maximum Gasteiger partial charge on any atom is 0.279 e. The van der Waals surface area contributed by atoms with E-state index in [0.29, 0.717) is 11.4 Å². The number of quaternary nitrogens is 1. The Morgan fingerprint density at radius 2 is 2.09 bits per heavy atom. The van der Waals surface area contributed by atoms with Crippen molar-refractivity contribution in [2.24, 2.45) is 0 Å². The summed E-state index contributed by atoms with van der Waals surface area (Å²) in [5, 5.41) is 13.6. The molecule has 1 aromatic carbocycles. The van der Waals surface area contributed by atoms with E-state index in [-0.39, 0.29) is 30.3 Å². The molecule has 1 saturated heterocycles. The first-order valence-electron chi connectivity index (χ1n) is 7.50. The summed E-state index contributed by atoms with van der Waals surface area (Å²) in [7, 11) is 1.45. The number of carbonyl (C=O) groups excluding carboxylic acids is 1. The predicted octanol–water partition coefficient (Wildman–Crippen LogP) is 0.234. The Morgan fingerprint density at radius 1 is 1.43 bits per heavy atom. The van der Waals surface area contributed by atoms with Crippen LogP contribution >= 0.6 is 0 Å². The van der Waals surface area contributed by atoms with Gasteiger partial charge < -0.3 is 19.7 Å². The van der Waals surface area contributed by atoms with Crippen LogP contribution in [0.15, 0.2) is 18.2 Å². The summed E-state index contributed by atoms with van der Waals surface area (Å²) < 4.78 is 10.8. The average Bonchev–Trinajstić information content (AvgIpc) is 2.45. The number of carbonyl (C=O) groups is 1. The van der Waals surface area contributed by atoms with Gasteiger partial charge in [0.15, 0.2) is 6.54 Å². The van der Waals surface area contributed by atoms with Crippen LogP contribution in [0.25, 0.3) is 0 Å². The molecular formula is C15H22N3O5+. The third-order valence-electron chi connectivity index (χ3n) is 3.70. The van der Waals surface area contributed by atoms with Crippen LogP contribution in [0.4, 0.5) is 11.4 Å². The smallest absolute Gasteiger partial charge is 0.279 e. The van der Waals surface area contributed by atoms with Crippen LogP contribution in [0.2, 0.25) is 0 Å². The SMILES string of the molecule is COc1ccc([N+](=O)[O-])cc1NC(=O)C[NH+]1C[C@@H](C)O[C@@H](C)C1. The van der Waals surface area contributed by atoms with E-state index in [4.69, 9.17) is 9.47 Å². The largest absolute Gasteiger partial charge is 0.495 e. The Bertz CT molecular complexity index is 582. The monoisotopic (exact) mass is 324 g/mol. The van der Waals surface area contributed by atoms with Crippen molar-refractivity contribution in [3.05, 3.63) is 28.3 Å². The molecule has 1 aliphatic rings. The number of nitro groups is 1. The molecule has 0 aromatic heterocycles. The number of anilines is 1. The lowest BCUT2D eigenvalue weighted by molar-refractivity contribution is -0.907. The van der Waals surface area contributed by atoms with E-state index in [0.717, 1.165) is 18.0 Å². The lowest BCUT2D eigenvalue weighted by Crippen LogP contribution is -3.16. The minimum absolute atomic E-state index is 0.0953. The van der Waals surface area contributed by atoms with Gasteiger partial charge in [-0.25, -0.2) is 0 Å². The molecule has 3 atom stereocenters. The number of hydrogen-bond acceptors (Lipinski definition) is 5. The van der Waals surface area contributed by atoms with Gasteiger partial charge in [-0.15, -0.1) is 0 Å². The summed E-state index contributed by atoms with van der Waals surface area (Å²) in [4.78, 5) is 23.7. The lowest BCUT2D eigenvalue weighted by atomic mass is 10.2. The molecule has 1 amide bonds. The fourth-order valence-electron chi connectivity index (χ4n) is 2.86. The van der Waals surface area contributed by atoms with Gasteiger partial charge in [0, 0.05) is 12.1 Å². The quantitative estimate of drug-likeness (QED) is 0.597. The number of hydrogen-bond donors (Lipinski definition) is 2. The van der Waals surface area contributed by atoms with E-state index in [9.17, 15) is 14.9 Å². The van der Waals surface area contributed by atoms with Crippen molar-refractivity contribution in [1.82, 2.24) is 0 Å². The molecule has 0 radical (unpaired) electrons. The maximum atomic E-state index is 12.2. The number of rotatable bonds is 5. The van der Waals surface area contributed by atoms with E-state index < -0.39 is 4.92 Å². The van der Waals surface area contributed by atoms with Crippen molar-refractivity contribution < 1.29 is 24.1 Å². The normalized spacial score (nSPS) is 24.0. The zero-order chi connectivity index (χ0) is 17.0. The maximum absolute atomic E-state index is 12.2. The first-order valence-corrected chi connectivity index (χ1v) is 7.50. The molecule has 1 fully saturated rings. The Balaban J connectivity index is 2.04. The predicted molar refractivity (Wildman–Crippen MR) is 83.9 cm³/mol. The highest BCUT2D eigenvalue weighted by atomic mass is 16.6. The van der Waals surface area contributed by atoms with E-state index in [2.05, 4.69) is 5.32 Å². The Morgan fingerprint density at radius 3 is 2.65 bits per heavy atom. The first kappa shape index (κ1) is 17.2. The summed E-state index contributed by atoms with van der Waals surface area (Å²) in [6.07, 6.45) is 0.211. The number of methoxy groups -OCH3 is 1. The van der Waals surface area contributed by atoms with Gasteiger partial charge in [-0.1, -0.05) is 0 Å². The topological polar surface area (TPSA) is 95.1 Å². The minimum Gasteiger partial charge on any atom is -0.495 e. The molecule has 1 aliphatic heterocycles. The fourth-order valence-corrected chi connectivity index (χ4v) is 2.86. The third-order valence-corrected chi connectivity index (χ3v) is 3.70. The van der Waals surface area contributed by atoms with E-state index in [1.165, 1.54) is 25.3 Å². The van der Waals surface area contributed by atoms with Crippen molar-refractivity contribution in [1.29, 1.82) is 0 Å². The molecule has 23 heavy (non-hydrogen) atoms. The van der Waals surface area contributed by atoms with Gasteiger partial charge in [0.25, 0.3) is 11.6 Å². The summed E-state index contributed by atoms with van der Waals surface area (Å²) >= 11 is 0. The molecule has 2 N–H and O–H groups in total. The van der Waals surface area contributed by atoms with E-state index in [1.54, 1.807) is 0 Å². The van der Waals surface area contributed by atoms with Gasteiger partial charge in [0.1, 0.15) is 31.0 Å². The van der Waals surface area contributed by atoms with Crippen molar-refractivity contribution >= 4 is 17.3 Å². The third kappa shape index (κ3) is 4.64. The second-order valence-electron chi connectivity index (χ2n) is 5.78. The molecule has 0 spiro atoms. The molecule has 8 heteroatoms. The van der Waals surface area contributed by atoms with Crippen LogP contribution in [0.3, 0.4) is 0 Å². The highest BCUT2D eigenvalue weighted by molar-refractivity contribution is 5.93. The highest BCUT2D eigenvalue weighted by Gasteiger charge is 2.27. The molecular weight excluding hydrogens is 302 g/mol. The van der Waals surface area contributed by atoms with Crippen molar-refractivity contribution in [2.45, 2.75) is 26.1 Å². The summed E-state index contributed by atoms with van der Waals surface area (Å²) in [5.74, 6) is 0.183. The van der Waals surface area contributed by atoms with Crippen molar-refractivity contribution in [2.75, 3.05) is 32.1 Å². The Hall–Kier alpha value is -2.19. The number of non-ortho nitro benzene ring substituents is 1. The van der Waals surface area contributed by atoms with Gasteiger partial charge in [-0.2, -0.15) is 0 Å². The average molecular weight is 324 g/mol. The van der Waals surface area contributed by atoms with Gasteiger partial charge in [0.05, 0.1) is 17.7 Å². The second kappa shape index (κ2) is 7.38. The molecule has 8 nitrogen and oxygen atoms in total.